The number of rotatable bonds is 8. The summed E-state index contributed by atoms with van der Waals surface area (Å²) >= 11 is 0. The number of hydrazine groups is 1. The van der Waals surface area contributed by atoms with Crippen LogP contribution in [0.2, 0.25) is 0 Å². The largest absolute Gasteiger partial charge is 0.497 e. The molecule has 1 atom stereocenters. The Hall–Kier alpha value is -3.48. The molecule has 2 amide bonds. The fraction of sp³-hybridized carbons (Fsp3) is 0.200. The lowest BCUT2D eigenvalue weighted by atomic mass is 10.2. The zero-order chi connectivity index (χ0) is 19.6. The third-order valence-electron chi connectivity index (χ3n) is 3.53. The predicted molar refractivity (Wildman–Crippen MR) is 101 cm³/mol. The SMILES string of the molecule is C=CCOc1ccc(C(=O)NNC(=O)C(C)Oc2ccc(OC)cc2)cc1. The van der Waals surface area contributed by atoms with Crippen LogP contribution in [-0.2, 0) is 4.79 Å². The van der Waals surface area contributed by atoms with Crippen molar-refractivity contribution < 1.29 is 23.8 Å². The zero-order valence-corrected chi connectivity index (χ0v) is 15.2. The molecule has 2 rings (SSSR count). The van der Waals surface area contributed by atoms with Gasteiger partial charge in [0.2, 0.25) is 0 Å². The molecule has 0 aromatic heterocycles. The first-order valence-corrected chi connectivity index (χ1v) is 8.28. The number of carbonyl (C=O) groups excluding carboxylic acids is 2. The van der Waals surface area contributed by atoms with E-state index in [0.717, 1.165) is 0 Å². The van der Waals surface area contributed by atoms with Crippen molar-refractivity contribution in [2.24, 2.45) is 0 Å². The minimum absolute atomic E-state index is 0.380. The molecule has 0 heterocycles. The Morgan fingerprint density at radius 3 is 2.19 bits per heavy atom. The van der Waals surface area contributed by atoms with Gasteiger partial charge in [-0.1, -0.05) is 12.7 Å². The van der Waals surface area contributed by atoms with Crippen LogP contribution in [-0.4, -0.2) is 31.6 Å². The van der Waals surface area contributed by atoms with Crippen molar-refractivity contribution in [2.75, 3.05) is 13.7 Å². The maximum atomic E-state index is 12.1. The van der Waals surface area contributed by atoms with Crippen molar-refractivity contribution in [1.82, 2.24) is 10.9 Å². The molecule has 0 radical (unpaired) electrons. The summed E-state index contributed by atoms with van der Waals surface area (Å²) in [5.41, 5.74) is 5.07. The Labute approximate surface area is 157 Å². The molecule has 0 aliphatic carbocycles. The van der Waals surface area contributed by atoms with Gasteiger partial charge in [0.1, 0.15) is 23.9 Å². The zero-order valence-electron chi connectivity index (χ0n) is 15.2. The number of amides is 2. The van der Waals surface area contributed by atoms with E-state index in [1.54, 1.807) is 68.6 Å². The Morgan fingerprint density at radius 1 is 1.00 bits per heavy atom. The summed E-state index contributed by atoms with van der Waals surface area (Å²) in [5, 5.41) is 0. The predicted octanol–water partition coefficient (Wildman–Crippen LogP) is 2.49. The molecule has 2 aromatic rings. The average Bonchev–Trinajstić information content (AvgIpc) is 2.71. The van der Waals surface area contributed by atoms with Crippen LogP contribution in [0.3, 0.4) is 0 Å². The Balaban J connectivity index is 1.82. The van der Waals surface area contributed by atoms with Gasteiger partial charge in [0.15, 0.2) is 6.10 Å². The first-order valence-electron chi connectivity index (χ1n) is 8.28. The monoisotopic (exact) mass is 370 g/mol. The summed E-state index contributed by atoms with van der Waals surface area (Å²) < 4.78 is 15.9. The second-order valence-corrected chi connectivity index (χ2v) is 5.50. The van der Waals surface area contributed by atoms with Gasteiger partial charge in [0, 0.05) is 5.56 Å². The van der Waals surface area contributed by atoms with Crippen molar-refractivity contribution in [2.45, 2.75) is 13.0 Å². The quantitative estimate of drug-likeness (QED) is 0.551. The highest BCUT2D eigenvalue weighted by Gasteiger charge is 2.16. The highest BCUT2D eigenvalue weighted by Crippen LogP contribution is 2.18. The molecule has 0 fully saturated rings. The van der Waals surface area contributed by atoms with Crippen LogP contribution in [0, 0.1) is 0 Å². The topological polar surface area (TPSA) is 85.9 Å². The molecule has 27 heavy (non-hydrogen) atoms. The van der Waals surface area contributed by atoms with Crippen LogP contribution >= 0.6 is 0 Å². The summed E-state index contributed by atoms with van der Waals surface area (Å²) in [6, 6.07) is 13.3. The summed E-state index contributed by atoms with van der Waals surface area (Å²) in [5.74, 6) is 0.893. The number of hydrogen-bond acceptors (Lipinski definition) is 5. The molecule has 7 nitrogen and oxygen atoms in total. The van der Waals surface area contributed by atoms with Crippen LogP contribution in [0.1, 0.15) is 17.3 Å². The summed E-state index contributed by atoms with van der Waals surface area (Å²) in [7, 11) is 1.57. The van der Waals surface area contributed by atoms with E-state index >= 15 is 0 Å². The molecule has 0 aliphatic rings. The fourth-order valence-corrected chi connectivity index (χ4v) is 2.06. The highest BCUT2D eigenvalue weighted by atomic mass is 16.5. The second kappa shape index (κ2) is 9.86. The lowest BCUT2D eigenvalue weighted by Crippen LogP contribution is -2.47. The van der Waals surface area contributed by atoms with Gasteiger partial charge >= 0.3 is 0 Å². The van der Waals surface area contributed by atoms with Crippen molar-refractivity contribution in [3.63, 3.8) is 0 Å². The first kappa shape index (κ1) is 19.8. The lowest BCUT2D eigenvalue weighted by molar-refractivity contribution is -0.128. The molecule has 0 saturated heterocycles. The third kappa shape index (κ3) is 6.07. The standard InChI is InChI=1S/C20H22N2O5/c1-4-13-26-17-7-5-15(6-8-17)20(24)22-21-19(23)14(2)27-18-11-9-16(25-3)10-12-18/h4-12,14H,1,13H2,2-3H3,(H,21,23)(H,22,24). The highest BCUT2D eigenvalue weighted by molar-refractivity contribution is 5.95. The van der Waals surface area contributed by atoms with Crippen molar-refractivity contribution >= 4 is 11.8 Å². The number of ether oxygens (including phenoxy) is 3. The summed E-state index contributed by atoms with van der Waals surface area (Å²) in [4.78, 5) is 24.2. The van der Waals surface area contributed by atoms with E-state index in [2.05, 4.69) is 17.4 Å². The normalized spacial score (nSPS) is 11.0. The van der Waals surface area contributed by atoms with Crippen LogP contribution in [0.25, 0.3) is 0 Å². The third-order valence-corrected chi connectivity index (χ3v) is 3.53. The minimum atomic E-state index is -0.798. The number of nitrogens with one attached hydrogen (secondary N) is 2. The first-order chi connectivity index (χ1) is 13.0. The Morgan fingerprint density at radius 2 is 1.59 bits per heavy atom. The van der Waals surface area contributed by atoms with Crippen molar-refractivity contribution in [1.29, 1.82) is 0 Å². The minimum Gasteiger partial charge on any atom is -0.497 e. The summed E-state index contributed by atoms with van der Waals surface area (Å²) in [6.45, 7) is 5.53. The van der Waals surface area contributed by atoms with Crippen LogP contribution in [0.5, 0.6) is 17.2 Å². The van der Waals surface area contributed by atoms with Crippen molar-refractivity contribution in [3.8, 4) is 17.2 Å². The molecule has 2 N–H and O–H groups in total. The van der Waals surface area contributed by atoms with Gasteiger partial charge in [-0.2, -0.15) is 0 Å². The maximum absolute atomic E-state index is 12.1. The number of hydrogen-bond donors (Lipinski definition) is 2. The van der Waals surface area contributed by atoms with E-state index in [9.17, 15) is 9.59 Å². The number of methoxy groups -OCH3 is 1. The van der Waals surface area contributed by atoms with E-state index in [4.69, 9.17) is 14.2 Å². The van der Waals surface area contributed by atoms with E-state index < -0.39 is 17.9 Å². The summed E-state index contributed by atoms with van der Waals surface area (Å²) in [6.07, 6.45) is 0.832. The lowest BCUT2D eigenvalue weighted by Gasteiger charge is -2.15. The molecule has 0 bridgehead atoms. The fourth-order valence-electron chi connectivity index (χ4n) is 2.06. The second-order valence-electron chi connectivity index (χ2n) is 5.50. The van der Waals surface area contributed by atoms with Crippen LogP contribution in [0.15, 0.2) is 61.2 Å². The molecule has 7 heteroatoms. The molecule has 142 valence electrons. The van der Waals surface area contributed by atoms with E-state index in [-0.39, 0.29) is 0 Å². The number of benzene rings is 2. The van der Waals surface area contributed by atoms with E-state index in [1.807, 2.05) is 0 Å². The van der Waals surface area contributed by atoms with Gasteiger partial charge in [0.25, 0.3) is 11.8 Å². The van der Waals surface area contributed by atoms with Gasteiger partial charge in [0.05, 0.1) is 7.11 Å². The Bertz CT molecular complexity index is 772. The molecule has 0 saturated carbocycles. The molecular formula is C20H22N2O5. The van der Waals surface area contributed by atoms with Gasteiger partial charge in [-0.05, 0) is 55.5 Å². The molecule has 1 unspecified atom stereocenters. The van der Waals surface area contributed by atoms with Gasteiger partial charge in [-0.15, -0.1) is 0 Å². The van der Waals surface area contributed by atoms with Crippen LogP contribution < -0.4 is 25.1 Å². The number of carbonyl (C=O) groups is 2. The Kier molecular flexibility index (Phi) is 7.25. The molecular weight excluding hydrogens is 348 g/mol. The van der Waals surface area contributed by atoms with Crippen LogP contribution in [0.4, 0.5) is 0 Å². The molecule has 0 spiro atoms. The van der Waals surface area contributed by atoms with Gasteiger partial charge in [-0.25, -0.2) is 0 Å². The van der Waals surface area contributed by atoms with E-state index in [0.29, 0.717) is 29.4 Å². The van der Waals surface area contributed by atoms with Gasteiger partial charge in [-0.3, -0.25) is 20.4 Å². The molecule has 0 aliphatic heterocycles. The molecule has 2 aromatic carbocycles. The maximum Gasteiger partial charge on any atom is 0.279 e. The van der Waals surface area contributed by atoms with Gasteiger partial charge < -0.3 is 14.2 Å². The van der Waals surface area contributed by atoms with E-state index in [1.165, 1.54) is 0 Å². The van der Waals surface area contributed by atoms with Crippen molar-refractivity contribution in [3.05, 3.63) is 66.7 Å². The average molecular weight is 370 g/mol. The smallest absolute Gasteiger partial charge is 0.279 e.